The Morgan fingerprint density at radius 3 is 2.68 bits per heavy atom. The molecule has 22 heavy (non-hydrogen) atoms. The number of hydrogen-bond donors (Lipinski definition) is 1. The fraction of sp³-hybridized carbons (Fsp3) is 0.500. The van der Waals surface area contributed by atoms with Crippen molar-refractivity contribution in [3.63, 3.8) is 0 Å². The molecule has 0 aliphatic heterocycles. The highest BCUT2D eigenvalue weighted by molar-refractivity contribution is 6.35. The van der Waals surface area contributed by atoms with Crippen LogP contribution in [-0.4, -0.2) is 35.6 Å². The summed E-state index contributed by atoms with van der Waals surface area (Å²) in [7, 11) is 0. The van der Waals surface area contributed by atoms with Gasteiger partial charge in [0.15, 0.2) is 0 Å². The monoisotopic (exact) mass is 319 g/mol. The Labute approximate surface area is 138 Å². The quantitative estimate of drug-likeness (QED) is 0.756. The third-order valence-corrected chi connectivity index (χ3v) is 4.38. The van der Waals surface area contributed by atoms with E-state index in [0.29, 0.717) is 6.04 Å². The summed E-state index contributed by atoms with van der Waals surface area (Å²) < 4.78 is 0. The minimum Gasteiger partial charge on any atom is -0.368 e. The van der Waals surface area contributed by atoms with E-state index in [1.54, 1.807) is 0 Å². The lowest BCUT2D eigenvalue weighted by molar-refractivity contribution is 0.295. The van der Waals surface area contributed by atoms with Gasteiger partial charge in [-0.25, -0.2) is 4.98 Å². The van der Waals surface area contributed by atoms with Crippen LogP contribution >= 0.6 is 11.6 Å². The number of fused-ring (bicyclic) bond motifs is 1. The van der Waals surface area contributed by atoms with E-state index in [4.69, 9.17) is 11.6 Å². The number of pyridine rings is 1. The Bertz CT molecular complexity index is 596. The summed E-state index contributed by atoms with van der Waals surface area (Å²) in [5.41, 5.74) is 0.938. The smallest absolute Gasteiger partial charge is 0.128 e. The summed E-state index contributed by atoms with van der Waals surface area (Å²) in [4.78, 5) is 7.10. The van der Waals surface area contributed by atoms with E-state index >= 15 is 0 Å². The third-order valence-electron chi connectivity index (χ3n) is 4.07. The zero-order valence-electron chi connectivity index (χ0n) is 13.8. The Hall–Kier alpha value is -1.32. The standard InChI is InChI=1S/C18H26ClN3/c1-4-22(5-2)12-8-9-14(3)20-18-13-16(19)15-10-6-7-11-17(15)21-18/h6-7,10-11,13-14H,4-5,8-9,12H2,1-3H3,(H,20,21). The molecule has 0 saturated carbocycles. The highest BCUT2D eigenvalue weighted by Gasteiger charge is 2.08. The van der Waals surface area contributed by atoms with Gasteiger partial charge in [0.1, 0.15) is 5.82 Å². The summed E-state index contributed by atoms with van der Waals surface area (Å²) in [6.07, 6.45) is 2.32. The first-order valence-electron chi connectivity index (χ1n) is 8.18. The number of rotatable bonds is 8. The summed E-state index contributed by atoms with van der Waals surface area (Å²) >= 11 is 6.34. The van der Waals surface area contributed by atoms with E-state index in [9.17, 15) is 0 Å². The van der Waals surface area contributed by atoms with Crippen molar-refractivity contribution in [3.8, 4) is 0 Å². The lowest BCUT2D eigenvalue weighted by Crippen LogP contribution is -2.25. The second kappa shape index (κ2) is 8.35. The summed E-state index contributed by atoms with van der Waals surface area (Å²) in [6.45, 7) is 10.0. The predicted octanol–water partition coefficient (Wildman–Crippen LogP) is 4.81. The second-order valence-electron chi connectivity index (χ2n) is 5.72. The van der Waals surface area contributed by atoms with Crippen LogP contribution in [0, 0.1) is 0 Å². The van der Waals surface area contributed by atoms with Crippen LogP contribution in [0.4, 0.5) is 5.82 Å². The molecule has 1 aromatic heterocycles. The van der Waals surface area contributed by atoms with Crippen LogP contribution in [0.1, 0.15) is 33.6 Å². The molecule has 120 valence electrons. The number of nitrogens with zero attached hydrogens (tertiary/aromatic N) is 2. The molecule has 1 aromatic carbocycles. The van der Waals surface area contributed by atoms with Crippen LogP contribution in [0.5, 0.6) is 0 Å². The molecule has 0 saturated heterocycles. The van der Waals surface area contributed by atoms with E-state index in [-0.39, 0.29) is 0 Å². The molecule has 4 heteroatoms. The molecule has 0 fully saturated rings. The zero-order valence-corrected chi connectivity index (χ0v) is 14.5. The van der Waals surface area contributed by atoms with Gasteiger partial charge in [0, 0.05) is 11.4 Å². The Morgan fingerprint density at radius 1 is 1.23 bits per heavy atom. The second-order valence-corrected chi connectivity index (χ2v) is 6.13. The molecule has 1 N–H and O–H groups in total. The van der Waals surface area contributed by atoms with Gasteiger partial charge in [-0.15, -0.1) is 0 Å². The van der Waals surface area contributed by atoms with Crippen LogP contribution in [-0.2, 0) is 0 Å². The molecule has 3 nitrogen and oxygen atoms in total. The lowest BCUT2D eigenvalue weighted by Gasteiger charge is -2.20. The van der Waals surface area contributed by atoms with Gasteiger partial charge in [-0.2, -0.15) is 0 Å². The highest BCUT2D eigenvalue weighted by Crippen LogP contribution is 2.25. The van der Waals surface area contributed by atoms with Gasteiger partial charge in [0.25, 0.3) is 0 Å². The van der Waals surface area contributed by atoms with Crippen molar-refractivity contribution in [3.05, 3.63) is 35.4 Å². The fourth-order valence-corrected chi connectivity index (χ4v) is 2.96. The topological polar surface area (TPSA) is 28.2 Å². The molecule has 0 aliphatic rings. The van der Waals surface area contributed by atoms with Crippen LogP contribution in [0.3, 0.4) is 0 Å². The van der Waals surface area contributed by atoms with Crippen LogP contribution in [0.15, 0.2) is 30.3 Å². The summed E-state index contributed by atoms with van der Waals surface area (Å²) in [5.74, 6) is 0.860. The normalized spacial score (nSPS) is 12.8. The summed E-state index contributed by atoms with van der Waals surface area (Å²) in [5, 5.41) is 5.23. The molecule has 1 heterocycles. The van der Waals surface area contributed by atoms with E-state index in [0.717, 1.165) is 47.8 Å². The lowest BCUT2D eigenvalue weighted by atomic mass is 10.1. The maximum Gasteiger partial charge on any atom is 0.128 e. The molecular weight excluding hydrogens is 294 g/mol. The fourth-order valence-electron chi connectivity index (χ4n) is 2.69. The van der Waals surface area contributed by atoms with Crippen LogP contribution in [0.25, 0.3) is 10.9 Å². The molecular formula is C18H26ClN3. The number of halogens is 1. The molecule has 1 atom stereocenters. The zero-order chi connectivity index (χ0) is 15.9. The largest absolute Gasteiger partial charge is 0.368 e. The van der Waals surface area contributed by atoms with E-state index in [1.807, 2.05) is 30.3 Å². The van der Waals surface area contributed by atoms with Crippen molar-refractivity contribution in [2.45, 2.75) is 39.7 Å². The van der Waals surface area contributed by atoms with E-state index in [1.165, 1.54) is 6.42 Å². The first-order valence-corrected chi connectivity index (χ1v) is 8.56. The van der Waals surface area contributed by atoms with Gasteiger partial charge >= 0.3 is 0 Å². The summed E-state index contributed by atoms with van der Waals surface area (Å²) in [6, 6.07) is 10.3. The SMILES string of the molecule is CCN(CC)CCCC(C)Nc1cc(Cl)c2ccccc2n1. The van der Waals surface area contributed by atoms with Gasteiger partial charge in [0.2, 0.25) is 0 Å². The average molecular weight is 320 g/mol. The maximum absolute atomic E-state index is 6.34. The molecule has 0 amide bonds. The third kappa shape index (κ3) is 4.59. The van der Waals surface area contributed by atoms with Crippen molar-refractivity contribution in [1.82, 2.24) is 9.88 Å². The first-order chi connectivity index (χ1) is 10.6. The van der Waals surface area contributed by atoms with Crippen molar-refractivity contribution < 1.29 is 0 Å². The van der Waals surface area contributed by atoms with E-state index < -0.39 is 0 Å². The first kappa shape index (κ1) is 17.0. The van der Waals surface area contributed by atoms with Gasteiger partial charge in [-0.3, -0.25) is 0 Å². The maximum atomic E-state index is 6.34. The molecule has 2 rings (SSSR count). The van der Waals surface area contributed by atoms with Crippen LogP contribution < -0.4 is 5.32 Å². The molecule has 1 unspecified atom stereocenters. The Kier molecular flexibility index (Phi) is 6.47. The molecule has 0 bridgehead atoms. The number of para-hydroxylation sites is 1. The average Bonchev–Trinajstić information content (AvgIpc) is 2.51. The van der Waals surface area contributed by atoms with Crippen molar-refractivity contribution in [2.75, 3.05) is 25.0 Å². The molecule has 0 aliphatic carbocycles. The van der Waals surface area contributed by atoms with Crippen LogP contribution in [0.2, 0.25) is 5.02 Å². The predicted molar refractivity (Wildman–Crippen MR) is 96.9 cm³/mol. The van der Waals surface area contributed by atoms with Crippen molar-refractivity contribution in [2.24, 2.45) is 0 Å². The minimum atomic E-state index is 0.389. The minimum absolute atomic E-state index is 0.389. The number of nitrogens with one attached hydrogen (secondary N) is 1. The number of aromatic nitrogens is 1. The number of anilines is 1. The van der Waals surface area contributed by atoms with E-state index in [2.05, 4.69) is 36.0 Å². The molecule has 0 radical (unpaired) electrons. The molecule has 0 spiro atoms. The van der Waals surface area contributed by atoms with Gasteiger partial charge < -0.3 is 10.2 Å². The van der Waals surface area contributed by atoms with Gasteiger partial charge in [0.05, 0.1) is 10.5 Å². The van der Waals surface area contributed by atoms with Gasteiger partial charge in [-0.05, 0) is 51.5 Å². The van der Waals surface area contributed by atoms with Crippen molar-refractivity contribution in [1.29, 1.82) is 0 Å². The molecule has 2 aromatic rings. The Balaban J connectivity index is 1.93. The Morgan fingerprint density at radius 2 is 1.95 bits per heavy atom. The number of benzene rings is 1. The highest BCUT2D eigenvalue weighted by atomic mass is 35.5. The van der Waals surface area contributed by atoms with Crippen molar-refractivity contribution >= 4 is 28.3 Å². The van der Waals surface area contributed by atoms with Gasteiger partial charge in [-0.1, -0.05) is 43.6 Å². The number of hydrogen-bond acceptors (Lipinski definition) is 3.